The Labute approximate surface area is 246 Å². The van der Waals surface area contributed by atoms with Crippen LogP contribution in [-0.2, 0) is 16.2 Å². The van der Waals surface area contributed by atoms with E-state index in [0.717, 1.165) is 28.6 Å². The molecule has 1 fully saturated rings. The third-order valence-corrected chi connectivity index (χ3v) is 8.12. The number of fused-ring (bicyclic) bond motifs is 2. The van der Waals surface area contributed by atoms with Gasteiger partial charge in [0.2, 0.25) is 0 Å². The Morgan fingerprint density at radius 2 is 1.52 bits per heavy atom. The van der Waals surface area contributed by atoms with Crippen molar-refractivity contribution in [2.24, 2.45) is 0 Å². The van der Waals surface area contributed by atoms with Gasteiger partial charge >= 0.3 is 0 Å². The molecule has 3 N–H and O–H groups in total. The summed E-state index contributed by atoms with van der Waals surface area (Å²) in [7, 11) is 0. The second kappa shape index (κ2) is 10.3. The number of nitrogens with one attached hydrogen (secondary N) is 2. The van der Waals surface area contributed by atoms with Crippen LogP contribution in [0.5, 0.6) is 0 Å². The summed E-state index contributed by atoms with van der Waals surface area (Å²) >= 11 is 0. The molecule has 0 bridgehead atoms. The third kappa shape index (κ3) is 5.82. The molecular formula is C34H43N3O5. The number of aliphatic hydroxyl groups excluding tert-OH is 1. The summed E-state index contributed by atoms with van der Waals surface area (Å²) in [6.07, 6.45) is 1.53. The van der Waals surface area contributed by atoms with Gasteiger partial charge in [-0.1, -0.05) is 68.4 Å². The van der Waals surface area contributed by atoms with E-state index in [0.29, 0.717) is 29.5 Å². The van der Waals surface area contributed by atoms with E-state index in [9.17, 15) is 14.7 Å². The molecule has 1 amide bonds. The van der Waals surface area contributed by atoms with Crippen LogP contribution in [0.1, 0.15) is 109 Å². The van der Waals surface area contributed by atoms with Crippen molar-refractivity contribution in [2.75, 3.05) is 5.32 Å². The molecule has 2 aromatic carbocycles. The number of carbonyl (C=O) groups is 1. The highest BCUT2D eigenvalue weighted by Gasteiger charge is 2.29. The molecule has 1 aliphatic rings. The molecule has 224 valence electrons. The van der Waals surface area contributed by atoms with Crippen LogP contribution in [0.15, 0.2) is 44.0 Å². The monoisotopic (exact) mass is 573 g/mol. The van der Waals surface area contributed by atoms with Crippen LogP contribution < -0.4 is 16.1 Å². The lowest BCUT2D eigenvalue weighted by atomic mass is 9.80. The maximum atomic E-state index is 13.4. The molecule has 0 aliphatic heterocycles. The molecule has 2 aromatic heterocycles. The summed E-state index contributed by atoms with van der Waals surface area (Å²) in [5, 5.41) is 16.6. The van der Waals surface area contributed by atoms with Gasteiger partial charge in [-0.3, -0.25) is 9.59 Å². The van der Waals surface area contributed by atoms with Crippen molar-refractivity contribution in [1.29, 1.82) is 0 Å². The number of benzene rings is 2. The van der Waals surface area contributed by atoms with E-state index in [-0.39, 0.29) is 45.1 Å². The third-order valence-electron chi connectivity index (χ3n) is 8.12. The Bertz CT molecular complexity index is 1730. The Morgan fingerprint density at radius 1 is 0.857 bits per heavy atom. The molecule has 2 heterocycles. The second-order valence-electron chi connectivity index (χ2n) is 14.7. The Balaban J connectivity index is 1.64. The number of amides is 1. The number of oxazole rings is 1. The van der Waals surface area contributed by atoms with Crippen LogP contribution in [0.2, 0.25) is 0 Å². The molecule has 42 heavy (non-hydrogen) atoms. The largest absolute Gasteiger partial charge is 0.448 e. The molecule has 0 saturated heterocycles. The second-order valence-corrected chi connectivity index (χ2v) is 14.7. The quantitative estimate of drug-likeness (QED) is 0.236. The van der Waals surface area contributed by atoms with Crippen LogP contribution in [-0.4, -0.2) is 28.1 Å². The number of anilines is 2. The molecule has 0 spiro atoms. The molecule has 1 aliphatic carbocycles. The lowest BCUT2D eigenvalue weighted by Crippen LogP contribution is -2.40. The van der Waals surface area contributed by atoms with Gasteiger partial charge in [-0.05, 0) is 64.8 Å². The predicted molar refractivity (Wildman–Crippen MR) is 167 cm³/mol. The first kappa shape index (κ1) is 29.8. The van der Waals surface area contributed by atoms with Crippen molar-refractivity contribution >= 4 is 39.7 Å². The number of nitrogens with zero attached hydrogens (tertiary/aromatic N) is 1. The van der Waals surface area contributed by atoms with Gasteiger partial charge in [-0.2, -0.15) is 4.98 Å². The van der Waals surface area contributed by atoms with Gasteiger partial charge in [0.15, 0.2) is 22.4 Å². The summed E-state index contributed by atoms with van der Waals surface area (Å²) in [6.45, 7) is 19.2. The highest BCUT2D eigenvalue weighted by Crippen LogP contribution is 2.38. The van der Waals surface area contributed by atoms with E-state index < -0.39 is 12.0 Å². The standard InChI is InChI=1S/C34H43N3O5/c1-32(2,3)18-13-20-26(39)17-27(30(40)35-22-11-10-12-25(22)38)41-28(20)23(15-18)36-31-37-24-16-19(33(4,5)6)14-21(29(24)42-31)34(7,8)9/h13-17,22,25,38H,10-12H2,1-9H3,(H,35,40)(H,36,37)/t22-,25-/m1/s1. The van der Waals surface area contributed by atoms with Gasteiger partial charge in [0.25, 0.3) is 11.9 Å². The lowest BCUT2D eigenvalue weighted by Gasteiger charge is -2.24. The summed E-state index contributed by atoms with van der Waals surface area (Å²) in [5.74, 6) is -0.641. The minimum absolute atomic E-state index is 0.0765. The first-order chi connectivity index (χ1) is 19.4. The highest BCUT2D eigenvalue weighted by atomic mass is 16.4. The summed E-state index contributed by atoms with van der Waals surface area (Å²) in [4.78, 5) is 31.3. The zero-order valence-electron chi connectivity index (χ0n) is 26.2. The topological polar surface area (TPSA) is 118 Å². The number of aromatic nitrogens is 1. The van der Waals surface area contributed by atoms with E-state index in [1.54, 1.807) is 0 Å². The molecule has 0 unspecified atom stereocenters. The molecule has 1 saturated carbocycles. The summed E-state index contributed by atoms with van der Waals surface area (Å²) in [5.41, 5.74) is 4.42. The first-order valence-electron chi connectivity index (χ1n) is 14.8. The smallest absolute Gasteiger partial charge is 0.300 e. The van der Waals surface area contributed by atoms with Crippen molar-refractivity contribution in [3.63, 3.8) is 0 Å². The lowest BCUT2D eigenvalue weighted by molar-refractivity contribution is 0.0847. The number of aliphatic hydroxyl groups is 1. The Morgan fingerprint density at radius 3 is 2.12 bits per heavy atom. The molecule has 5 rings (SSSR count). The number of carbonyl (C=O) groups excluding carboxylic acids is 1. The van der Waals surface area contributed by atoms with Crippen LogP contribution in [0.3, 0.4) is 0 Å². The van der Waals surface area contributed by atoms with Gasteiger partial charge in [-0.25, -0.2) is 0 Å². The minimum Gasteiger partial charge on any atom is -0.448 e. The Hall–Kier alpha value is -3.65. The van der Waals surface area contributed by atoms with Crippen LogP contribution in [0.4, 0.5) is 11.7 Å². The van der Waals surface area contributed by atoms with Gasteiger partial charge in [0.05, 0.1) is 23.2 Å². The molecular weight excluding hydrogens is 530 g/mol. The van der Waals surface area contributed by atoms with E-state index in [2.05, 4.69) is 85.1 Å². The van der Waals surface area contributed by atoms with E-state index in [1.807, 2.05) is 12.1 Å². The van der Waals surface area contributed by atoms with Crippen molar-refractivity contribution in [3.8, 4) is 0 Å². The average molecular weight is 574 g/mol. The summed E-state index contributed by atoms with van der Waals surface area (Å²) < 4.78 is 12.4. The fraction of sp³-hybridized carbons (Fsp3) is 0.500. The van der Waals surface area contributed by atoms with Crippen LogP contribution >= 0.6 is 0 Å². The first-order valence-corrected chi connectivity index (χ1v) is 14.8. The normalized spacial score (nSPS) is 18.1. The molecule has 2 atom stereocenters. The minimum atomic E-state index is -0.608. The van der Waals surface area contributed by atoms with Gasteiger partial charge in [0, 0.05) is 11.6 Å². The molecule has 4 aromatic rings. The van der Waals surface area contributed by atoms with Gasteiger partial charge in [0.1, 0.15) is 5.52 Å². The number of rotatable bonds is 4. The fourth-order valence-electron chi connectivity index (χ4n) is 5.44. The zero-order valence-corrected chi connectivity index (χ0v) is 26.2. The van der Waals surface area contributed by atoms with Gasteiger partial charge in [-0.15, -0.1) is 0 Å². The van der Waals surface area contributed by atoms with Crippen LogP contribution in [0.25, 0.3) is 22.1 Å². The van der Waals surface area contributed by atoms with Crippen LogP contribution in [0, 0.1) is 0 Å². The number of hydrogen-bond acceptors (Lipinski definition) is 7. The number of hydrogen-bond donors (Lipinski definition) is 3. The summed E-state index contributed by atoms with van der Waals surface area (Å²) in [6, 6.07) is 9.09. The van der Waals surface area contributed by atoms with Crippen molar-refractivity contribution in [1.82, 2.24) is 10.3 Å². The van der Waals surface area contributed by atoms with Gasteiger partial charge < -0.3 is 24.6 Å². The molecule has 0 radical (unpaired) electrons. The molecule has 8 heteroatoms. The SMILES string of the molecule is CC(C)(C)c1cc(C(C)(C)C)c2oc(Nc3cc(C(C)(C)C)cc4c(=O)cc(C(=O)N[C@@H]5CCC[C@H]5O)oc34)nc2c1. The predicted octanol–water partition coefficient (Wildman–Crippen LogP) is 7.21. The van der Waals surface area contributed by atoms with E-state index in [4.69, 9.17) is 13.8 Å². The average Bonchev–Trinajstić information content (AvgIpc) is 3.46. The zero-order chi connectivity index (χ0) is 30.8. The van der Waals surface area contributed by atoms with Crippen molar-refractivity contribution < 1.29 is 18.7 Å². The fourth-order valence-corrected chi connectivity index (χ4v) is 5.44. The Kier molecular flexibility index (Phi) is 7.29. The van der Waals surface area contributed by atoms with E-state index >= 15 is 0 Å². The maximum Gasteiger partial charge on any atom is 0.300 e. The molecule has 8 nitrogen and oxygen atoms in total. The van der Waals surface area contributed by atoms with Crippen molar-refractivity contribution in [2.45, 2.75) is 110 Å². The van der Waals surface area contributed by atoms with Crippen molar-refractivity contribution in [3.05, 3.63) is 63.0 Å². The maximum absolute atomic E-state index is 13.4. The highest BCUT2D eigenvalue weighted by molar-refractivity contribution is 5.96. The van der Waals surface area contributed by atoms with E-state index in [1.165, 1.54) is 6.07 Å².